The van der Waals surface area contributed by atoms with Crippen LogP contribution in [0, 0.1) is 0 Å². The van der Waals surface area contributed by atoms with Gasteiger partial charge in [0.2, 0.25) is 0 Å². The van der Waals surface area contributed by atoms with Gasteiger partial charge in [-0.1, -0.05) is 12.2 Å². The fourth-order valence-corrected chi connectivity index (χ4v) is 2.09. The molecule has 2 aliphatic heterocycles. The fourth-order valence-electron chi connectivity index (χ4n) is 1.42. The van der Waals surface area contributed by atoms with Crippen molar-refractivity contribution in [3.8, 4) is 0 Å². The third-order valence-corrected chi connectivity index (χ3v) is 3.10. The SMILES string of the molecule is OC1C(Cl)C2C=CC(O2)C1Cl. The summed E-state index contributed by atoms with van der Waals surface area (Å²) in [5.74, 6) is 0. The van der Waals surface area contributed by atoms with Crippen molar-refractivity contribution in [2.75, 3.05) is 0 Å². The minimum absolute atomic E-state index is 0.160. The number of halogens is 2. The van der Waals surface area contributed by atoms with Crippen LogP contribution in [0.2, 0.25) is 0 Å². The van der Waals surface area contributed by atoms with Gasteiger partial charge in [0.05, 0.1) is 29.1 Å². The zero-order valence-corrected chi connectivity index (χ0v) is 7.16. The highest BCUT2D eigenvalue weighted by Gasteiger charge is 2.44. The first-order chi connectivity index (χ1) is 5.20. The number of aliphatic hydroxyl groups is 1. The summed E-state index contributed by atoms with van der Waals surface area (Å²) in [5, 5.41) is 8.62. The Balaban J connectivity index is 2.22. The van der Waals surface area contributed by atoms with E-state index in [1.165, 1.54) is 0 Å². The van der Waals surface area contributed by atoms with Gasteiger partial charge in [-0.25, -0.2) is 0 Å². The lowest BCUT2D eigenvalue weighted by Crippen LogP contribution is -2.48. The molecule has 0 spiro atoms. The zero-order chi connectivity index (χ0) is 8.01. The van der Waals surface area contributed by atoms with E-state index in [0.29, 0.717) is 0 Å². The third-order valence-electron chi connectivity index (χ3n) is 2.08. The molecule has 2 bridgehead atoms. The highest BCUT2D eigenvalue weighted by molar-refractivity contribution is 6.25. The Labute approximate surface area is 74.7 Å². The summed E-state index contributed by atoms with van der Waals surface area (Å²) in [4.78, 5) is 0. The minimum atomic E-state index is -0.669. The van der Waals surface area contributed by atoms with Crippen LogP contribution in [0.3, 0.4) is 0 Å². The molecule has 2 rings (SSSR count). The molecule has 2 nitrogen and oxygen atoms in total. The van der Waals surface area contributed by atoms with Crippen molar-refractivity contribution in [1.82, 2.24) is 0 Å². The molecule has 0 aromatic rings. The Morgan fingerprint density at radius 1 is 1.09 bits per heavy atom. The van der Waals surface area contributed by atoms with E-state index in [-0.39, 0.29) is 12.2 Å². The molecule has 4 unspecified atom stereocenters. The smallest absolute Gasteiger partial charge is 0.0955 e. The first-order valence-electron chi connectivity index (χ1n) is 3.50. The van der Waals surface area contributed by atoms with Crippen molar-refractivity contribution < 1.29 is 9.84 Å². The number of fused-ring (bicyclic) bond motifs is 2. The maximum absolute atomic E-state index is 9.44. The molecule has 4 atom stereocenters. The number of aliphatic hydroxyl groups excluding tert-OH is 1. The summed E-state index contributed by atoms with van der Waals surface area (Å²) < 4.78 is 5.36. The highest BCUT2D eigenvalue weighted by Crippen LogP contribution is 2.33. The van der Waals surface area contributed by atoms with E-state index in [0.717, 1.165) is 0 Å². The maximum atomic E-state index is 9.44. The molecule has 1 saturated heterocycles. The lowest BCUT2D eigenvalue weighted by atomic mass is 10.1. The van der Waals surface area contributed by atoms with E-state index in [4.69, 9.17) is 27.9 Å². The quantitative estimate of drug-likeness (QED) is 0.459. The van der Waals surface area contributed by atoms with Crippen LogP contribution in [0.25, 0.3) is 0 Å². The van der Waals surface area contributed by atoms with Gasteiger partial charge in [0, 0.05) is 0 Å². The molecule has 0 radical (unpaired) electrons. The van der Waals surface area contributed by atoms with Gasteiger partial charge in [-0.2, -0.15) is 0 Å². The average molecular weight is 195 g/mol. The summed E-state index contributed by atoms with van der Waals surface area (Å²) in [6, 6.07) is 0. The minimum Gasteiger partial charge on any atom is -0.390 e. The van der Waals surface area contributed by atoms with Gasteiger partial charge in [-0.3, -0.25) is 0 Å². The number of hydrogen-bond donors (Lipinski definition) is 1. The Morgan fingerprint density at radius 2 is 1.55 bits per heavy atom. The Bertz CT molecular complexity index is 177. The van der Waals surface area contributed by atoms with Gasteiger partial charge in [0.15, 0.2) is 0 Å². The molecule has 0 aliphatic carbocycles. The van der Waals surface area contributed by atoms with Crippen molar-refractivity contribution in [3.05, 3.63) is 12.2 Å². The molecule has 0 aromatic carbocycles. The molecule has 1 N–H and O–H groups in total. The van der Waals surface area contributed by atoms with Crippen LogP contribution in [0.5, 0.6) is 0 Å². The first-order valence-corrected chi connectivity index (χ1v) is 4.37. The van der Waals surface area contributed by atoms with E-state index in [1.807, 2.05) is 12.2 Å². The van der Waals surface area contributed by atoms with Crippen LogP contribution in [0.15, 0.2) is 12.2 Å². The molecular weight excluding hydrogens is 187 g/mol. The number of rotatable bonds is 0. The number of ether oxygens (including phenoxy) is 1. The van der Waals surface area contributed by atoms with Gasteiger partial charge in [-0.15, -0.1) is 23.2 Å². The fraction of sp³-hybridized carbons (Fsp3) is 0.714. The van der Waals surface area contributed by atoms with Gasteiger partial charge < -0.3 is 9.84 Å². The Hall–Kier alpha value is 0.240. The molecular formula is C7H8Cl2O2. The summed E-state index contributed by atoms with van der Waals surface area (Å²) in [7, 11) is 0. The second-order valence-electron chi connectivity index (χ2n) is 2.83. The standard InChI is InChI=1S/C7H8Cl2O2/c8-5-3-1-2-4(11-3)6(9)7(5)10/h1-7,10H. The third kappa shape index (κ3) is 1.09. The monoisotopic (exact) mass is 194 g/mol. The molecule has 4 heteroatoms. The van der Waals surface area contributed by atoms with E-state index < -0.39 is 16.9 Å². The van der Waals surface area contributed by atoms with Crippen LogP contribution in [0.4, 0.5) is 0 Å². The summed E-state index contributed by atoms with van der Waals surface area (Å²) in [5.41, 5.74) is 0. The normalized spacial score (nSPS) is 55.0. The largest absolute Gasteiger partial charge is 0.390 e. The summed E-state index contributed by atoms with van der Waals surface area (Å²) in [6.45, 7) is 0. The molecule has 0 saturated carbocycles. The second kappa shape index (κ2) is 2.63. The van der Waals surface area contributed by atoms with Crippen molar-refractivity contribution >= 4 is 23.2 Å². The van der Waals surface area contributed by atoms with Crippen molar-refractivity contribution in [3.63, 3.8) is 0 Å². The average Bonchev–Trinajstić information content (AvgIpc) is 2.44. The number of alkyl halides is 2. The molecule has 0 aromatic heterocycles. The van der Waals surface area contributed by atoms with E-state index in [1.54, 1.807) is 0 Å². The van der Waals surface area contributed by atoms with Crippen molar-refractivity contribution in [2.24, 2.45) is 0 Å². The lowest BCUT2D eigenvalue weighted by molar-refractivity contribution is -0.0330. The Kier molecular flexibility index (Phi) is 1.88. The van der Waals surface area contributed by atoms with Crippen LogP contribution in [-0.2, 0) is 4.74 Å². The van der Waals surface area contributed by atoms with Gasteiger partial charge >= 0.3 is 0 Å². The molecule has 2 heterocycles. The van der Waals surface area contributed by atoms with Crippen molar-refractivity contribution in [1.29, 1.82) is 0 Å². The van der Waals surface area contributed by atoms with E-state index in [2.05, 4.69) is 0 Å². The van der Waals surface area contributed by atoms with Crippen LogP contribution >= 0.6 is 23.2 Å². The molecule has 62 valence electrons. The summed E-state index contributed by atoms with van der Waals surface area (Å²) in [6.07, 6.45) is 2.72. The van der Waals surface area contributed by atoms with E-state index in [9.17, 15) is 5.11 Å². The van der Waals surface area contributed by atoms with Crippen LogP contribution in [-0.4, -0.2) is 34.2 Å². The van der Waals surface area contributed by atoms with Crippen LogP contribution in [0.1, 0.15) is 0 Å². The first kappa shape index (κ1) is 7.87. The topological polar surface area (TPSA) is 29.5 Å². The zero-order valence-electron chi connectivity index (χ0n) is 5.65. The van der Waals surface area contributed by atoms with Gasteiger partial charge in [0.25, 0.3) is 0 Å². The highest BCUT2D eigenvalue weighted by atomic mass is 35.5. The van der Waals surface area contributed by atoms with Crippen LogP contribution < -0.4 is 0 Å². The predicted octanol–water partition coefficient (Wildman–Crippen LogP) is 0.899. The summed E-state index contributed by atoms with van der Waals surface area (Å²) >= 11 is 11.7. The second-order valence-corrected chi connectivity index (χ2v) is 3.84. The van der Waals surface area contributed by atoms with Gasteiger partial charge in [0.1, 0.15) is 0 Å². The van der Waals surface area contributed by atoms with Gasteiger partial charge in [-0.05, 0) is 0 Å². The molecule has 1 fully saturated rings. The Morgan fingerprint density at radius 3 is 2.00 bits per heavy atom. The van der Waals surface area contributed by atoms with E-state index >= 15 is 0 Å². The maximum Gasteiger partial charge on any atom is 0.0955 e. The molecule has 2 aliphatic rings. The molecule has 0 amide bonds. The van der Waals surface area contributed by atoms with Crippen molar-refractivity contribution in [2.45, 2.75) is 29.1 Å². The lowest BCUT2D eigenvalue weighted by Gasteiger charge is -2.33. The molecule has 11 heavy (non-hydrogen) atoms. The predicted molar refractivity (Wildman–Crippen MR) is 43.1 cm³/mol. The number of hydrogen-bond acceptors (Lipinski definition) is 2.